The van der Waals surface area contributed by atoms with Gasteiger partial charge in [-0.3, -0.25) is 9.52 Å². The monoisotopic (exact) mass is 404 g/mol. The predicted molar refractivity (Wildman–Crippen MR) is 107 cm³/mol. The standard InChI is InChI=1S/C21H25FN2O3S/c1-4-18-10-9-15(3)24(18)21(25)16-6-5-7-17(12-16)23-28(26,27)19-11-8-14(2)20(22)13-19/h5-8,11-13,15,18,23H,4,9-10H2,1-3H3/t15-,18-/m1/s1. The molecule has 0 aromatic heterocycles. The summed E-state index contributed by atoms with van der Waals surface area (Å²) in [6.07, 6.45) is 2.84. The molecule has 3 rings (SSSR count). The summed E-state index contributed by atoms with van der Waals surface area (Å²) in [4.78, 5) is 14.7. The van der Waals surface area contributed by atoms with Gasteiger partial charge in [0.25, 0.3) is 15.9 Å². The molecule has 1 N–H and O–H groups in total. The number of sulfonamides is 1. The van der Waals surface area contributed by atoms with Crippen molar-refractivity contribution in [3.8, 4) is 0 Å². The molecule has 2 aromatic rings. The second-order valence-electron chi connectivity index (χ2n) is 7.30. The first kappa shape index (κ1) is 20.3. The van der Waals surface area contributed by atoms with Crippen LogP contribution in [0.25, 0.3) is 0 Å². The maximum Gasteiger partial charge on any atom is 0.261 e. The lowest BCUT2D eigenvalue weighted by atomic mass is 10.1. The molecule has 0 unspecified atom stereocenters. The molecule has 1 heterocycles. The van der Waals surface area contributed by atoms with Gasteiger partial charge in [0, 0.05) is 23.3 Å². The van der Waals surface area contributed by atoms with E-state index in [1.165, 1.54) is 18.2 Å². The Bertz CT molecular complexity index is 991. The molecule has 28 heavy (non-hydrogen) atoms. The van der Waals surface area contributed by atoms with Crippen LogP contribution in [0.3, 0.4) is 0 Å². The molecule has 1 aliphatic rings. The number of nitrogens with one attached hydrogen (secondary N) is 1. The van der Waals surface area contributed by atoms with Gasteiger partial charge in [-0.25, -0.2) is 12.8 Å². The number of likely N-dealkylation sites (tertiary alicyclic amines) is 1. The van der Waals surface area contributed by atoms with Crippen LogP contribution < -0.4 is 4.72 Å². The molecule has 1 amide bonds. The summed E-state index contributed by atoms with van der Waals surface area (Å²) in [6, 6.07) is 10.6. The molecule has 0 radical (unpaired) electrons. The van der Waals surface area contributed by atoms with E-state index < -0.39 is 15.8 Å². The van der Waals surface area contributed by atoms with Crippen molar-refractivity contribution in [2.45, 2.75) is 57.0 Å². The Hall–Kier alpha value is -2.41. The molecule has 1 fully saturated rings. The summed E-state index contributed by atoms with van der Waals surface area (Å²) < 4.78 is 41.4. The van der Waals surface area contributed by atoms with Crippen LogP contribution in [0, 0.1) is 12.7 Å². The number of halogens is 1. The van der Waals surface area contributed by atoms with E-state index in [0.29, 0.717) is 11.1 Å². The number of amides is 1. The van der Waals surface area contributed by atoms with Crippen molar-refractivity contribution in [2.75, 3.05) is 4.72 Å². The Labute approximate surface area is 165 Å². The minimum atomic E-state index is -3.96. The minimum absolute atomic E-state index is 0.0979. The fourth-order valence-electron chi connectivity index (χ4n) is 3.66. The second kappa shape index (κ2) is 7.91. The van der Waals surface area contributed by atoms with Crippen LogP contribution in [0.2, 0.25) is 0 Å². The van der Waals surface area contributed by atoms with Gasteiger partial charge < -0.3 is 4.90 Å². The van der Waals surface area contributed by atoms with Gasteiger partial charge in [-0.1, -0.05) is 19.1 Å². The Balaban J connectivity index is 1.85. The number of anilines is 1. The summed E-state index contributed by atoms with van der Waals surface area (Å²) in [5, 5.41) is 0. The van der Waals surface area contributed by atoms with Gasteiger partial charge in [0.15, 0.2) is 0 Å². The fraction of sp³-hybridized carbons (Fsp3) is 0.381. The average Bonchev–Trinajstić information content (AvgIpc) is 3.03. The number of benzene rings is 2. The Kier molecular flexibility index (Phi) is 5.74. The zero-order chi connectivity index (χ0) is 20.5. The third kappa shape index (κ3) is 4.04. The summed E-state index contributed by atoms with van der Waals surface area (Å²) >= 11 is 0. The molecule has 1 saturated heterocycles. The Morgan fingerprint density at radius 1 is 1.21 bits per heavy atom. The van der Waals surface area contributed by atoms with Crippen molar-refractivity contribution >= 4 is 21.6 Å². The van der Waals surface area contributed by atoms with Gasteiger partial charge in [0.05, 0.1) is 4.90 Å². The predicted octanol–water partition coefficient (Wildman–Crippen LogP) is 4.34. The molecule has 0 spiro atoms. The highest BCUT2D eigenvalue weighted by molar-refractivity contribution is 7.92. The molecule has 2 aromatic carbocycles. The van der Waals surface area contributed by atoms with E-state index >= 15 is 0 Å². The average molecular weight is 405 g/mol. The lowest BCUT2D eigenvalue weighted by Crippen LogP contribution is -2.39. The van der Waals surface area contributed by atoms with Gasteiger partial charge >= 0.3 is 0 Å². The molecule has 0 aliphatic carbocycles. The summed E-state index contributed by atoms with van der Waals surface area (Å²) in [5.74, 6) is -0.681. The number of rotatable bonds is 5. The minimum Gasteiger partial charge on any atom is -0.333 e. The number of aryl methyl sites for hydroxylation is 1. The number of carbonyl (C=O) groups is 1. The van der Waals surface area contributed by atoms with Crippen LogP contribution in [0.15, 0.2) is 47.4 Å². The molecule has 7 heteroatoms. The number of nitrogens with zero attached hydrogens (tertiary/aromatic N) is 1. The SMILES string of the molecule is CC[C@@H]1CC[C@@H](C)N1C(=O)c1cccc(NS(=O)(=O)c2ccc(C)c(F)c2)c1. The fourth-order valence-corrected chi connectivity index (χ4v) is 4.72. The highest BCUT2D eigenvalue weighted by Gasteiger charge is 2.33. The molecule has 2 atom stereocenters. The zero-order valence-corrected chi connectivity index (χ0v) is 17.1. The van der Waals surface area contributed by atoms with Crippen LogP contribution in [0.4, 0.5) is 10.1 Å². The third-order valence-electron chi connectivity index (χ3n) is 5.31. The van der Waals surface area contributed by atoms with Crippen molar-refractivity contribution in [1.29, 1.82) is 0 Å². The molecule has 150 valence electrons. The molecule has 1 aliphatic heterocycles. The van der Waals surface area contributed by atoms with Crippen LogP contribution in [0.1, 0.15) is 49.0 Å². The van der Waals surface area contributed by atoms with Crippen molar-refractivity contribution in [3.63, 3.8) is 0 Å². The molecule has 5 nitrogen and oxygen atoms in total. The first-order valence-corrected chi connectivity index (χ1v) is 10.9. The maximum absolute atomic E-state index is 13.8. The number of carbonyl (C=O) groups excluding carboxylic acids is 1. The highest BCUT2D eigenvalue weighted by atomic mass is 32.2. The van der Waals surface area contributed by atoms with Gasteiger partial charge in [-0.05, 0) is 69.0 Å². The van der Waals surface area contributed by atoms with Crippen LogP contribution in [-0.2, 0) is 10.0 Å². The molecular formula is C21H25FN2O3S. The number of hydrogen-bond acceptors (Lipinski definition) is 3. The second-order valence-corrected chi connectivity index (χ2v) is 8.98. The summed E-state index contributed by atoms with van der Waals surface area (Å²) in [7, 11) is -3.96. The normalized spacial score (nSPS) is 19.6. The Morgan fingerprint density at radius 2 is 1.96 bits per heavy atom. The molecular weight excluding hydrogens is 379 g/mol. The largest absolute Gasteiger partial charge is 0.333 e. The van der Waals surface area contributed by atoms with E-state index in [9.17, 15) is 17.6 Å². The van der Waals surface area contributed by atoms with Crippen LogP contribution in [-0.4, -0.2) is 31.3 Å². The van der Waals surface area contributed by atoms with Gasteiger partial charge in [0.1, 0.15) is 5.82 Å². The van der Waals surface area contributed by atoms with E-state index in [2.05, 4.69) is 11.6 Å². The topological polar surface area (TPSA) is 66.5 Å². The quantitative estimate of drug-likeness (QED) is 0.806. The summed E-state index contributed by atoms with van der Waals surface area (Å²) in [5.41, 5.74) is 1.07. The molecule has 0 saturated carbocycles. The lowest BCUT2D eigenvalue weighted by Gasteiger charge is -2.28. The van der Waals surface area contributed by atoms with Gasteiger partial charge in [0.2, 0.25) is 0 Å². The maximum atomic E-state index is 13.8. The van der Waals surface area contributed by atoms with Gasteiger partial charge in [-0.2, -0.15) is 0 Å². The highest BCUT2D eigenvalue weighted by Crippen LogP contribution is 2.28. The van der Waals surface area contributed by atoms with Gasteiger partial charge in [-0.15, -0.1) is 0 Å². The summed E-state index contributed by atoms with van der Waals surface area (Å²) in [6.45, 7) is 5.66. The van der Waals surface area contributed by atoms with Crippen LogP contribution >= 0.6 is 0 Å². The van der Waals surface area contributed by atoms with E-state index in [1.807, 2.05) is 11.8 Å². The smallest absolute Gasteiger partial charge is 0.261 e. The third-order valence-corrected chi connectivity index (χ3v) is 6.69. The van der Waals surface area contributed by atoms with Crippen molar-refractivity contribution in [2.24, 2.45) is 0 Å². The van der Waals surface area contributed by atoms with E-state index in [1.54, 1.807) is 25.1 Å². The van der Waals surface area contributed by atoms with Crippen LogP contribution in [0.5, 0.6) is 0 Å². The lowest BCUT2D eigenvalue weighted by molar-refractivity contribution is 0.0676. The zero-order valence-electron chi connectivity index (χ0n) is 16.3. The molecule has 0 bridgehead atoms. The van der Waals surface area contributed by atoms with E-state index in [0.717, 1.165) is 25.3 Å². The Morgan fingerprint density at radius 3 is 2.64 bits per heavy atom. The first-order chi connectivity index (χ1) is 13.2. The van der Waals surface area contributed by atoms with E-state index in [-0.39, 0.29) is 28.6 Å². The van der Waals surface area contributed by atoms with E-state index in [4.69, 9.17) is 0 Å². The first-order valence-electron chi connectivity index (χ1n) is 9.44. The van der Waals surface area contributed by atoms with Crippen molar-refractivity contribution < 1.29 is 17.6 Å². The van der Waals surface area contributed by atoms with Crippen molar-refractivity contribution in [1.82, 2.24) is 4.90 Å². The number of hydrogen-bond donors (Lipinski definition) is 1. The van der Waals surface area contributed by atoms with Crippen molar-refractivity contribution in [3.05, 3.63) is 59.4 Å².